The van der Waals surface area contributed by atoms with Crippen LogP contribution in [0.25, 0.3) is 0 Å². The molecule has 1 aromatic carbocycles. The SMILES string of the molecule is CNC1CCN(S(=O)(=O)c2cccc(Br)c2)C1.Cl. The van der Waals surface area contributed by atoms with Crippen LogP contribution in [0.2, 0.25) is 0 Å². The van der Waals surface area contributed by atoms with Crippen molar-refractivity contribution < 1.29 is 8.42 Å². The van der Waals surface area contributed by atoms with E-state index >= 15 is 0 Å². The largest absolute Gasteiger partial charge is 0.316 e. The minimum atomic E-state index is -3.34. The van der Waals surface area contributed by atoms with E-state index in [1.165, 1.54) is 4.31 Å². The maximum absolute atomic E-state index is 12.3. The average molecular weight is 356 g/mol. The fourth-order valence-electron chi connectivity index (χ4n) is 1.96. The second kappa shape index (κ2) is 6.34. The molecule has 1 fully saturated rings. The van der Waals surface area contributed by atoms with Gasteiger partial charge < -0.3 is 5.32 Å². The summed E-state index contributed by atoms with van der Waals surface area (Å²) in [6, 6.07) is 7.09. The molecule has 0 saturated carbocycles. The van der Waals surface area contributed by atoms with Gasteiger partial charge in [-0.1, -0.05) is 22.0 Å². The highest BCUT2D eigenvalue weighted by atomic mass is 79.9. The first kappa shape index (κ1) is 15.9. The number of hydrogen-bond donors (Lipinski definition) is 1. The summed E-state index contributed by atoms with van der Waals surface area (Å²) >= 11 is 3.29. The van der Waals surface area contributed by atoms with Gasteiger partial charge in [0.05, 0.1) is 4.90 Å². The van der Waals surface area contributed by atoms with Gasteiger partial charge in [-0.25, -0.2) is 8.42 Å². The number of sulfonamides is 1. The third-order valence-electron chi connectivity index (χ3n) is 2.99. The van der Waals surface area contributed by atoms with Crippen LogP contribution in [0.5, 0.6) is 0 Å². The second-order valence-corrected chi connectivity index (χ2v) is 6.95. The molecule has 0 aromatic heterocycles. The van der Waals surface area contributed by atoms with Gasteiger partial charge in [0.15, 0.2) is 0 Å². The fourth-order valence-corrected chi connectivity index (χ4v) is 4.06. The molecular weight excluding hydrogens is 340 g/mol. The third-order valence-corrected chi connectivity index (χ3v) is 5.35. The van der Waals surface area contributed by atoms with Crippen LogP contribution in [0.1, 0.15) is 6.42 Å². The lowest BCUT2D eigenvalue weighted by molar-refractivity contribution is 0.464. The van der Waals surface area contributed by atoms with Gasteiger partial charge in [0, 0.05) is 23.6 Å². The van der Waals surface area contributed by atoms with Crippen LogP contribution >= 0.6 is 28.3 Å². The van der Waals surface area contributed by atoms with Crippen LogP contribution in [-0.2, 0) is 10.0 Å². The van der Waals surface area contributed by atoms with E-state index < -0.39 is 10.0 Å². The Bertz CT molecular complexity index is 510. The molecule has 7 heteroatoms. The number of nitrogens with one attached hydrogen (secondary N) is 1. The van der Waals surface area contributed by atoms with Crippen LogP contribution in [0.15, 0.2) is 33.6 Å². The molecular formula is C11H16BrClN2O2S. The van der Waals surface area contributed by atoms with Gasteiger partial charge in [-0.2, -0.15) is 4.31 Å². The predicted octanol–water partition coefficient (Wildman–Crippen LogP) is 1.85. The molecule has 1 aliphatic rings. The molecule has 1 saturated heterocycles. The molecule has 0 aliphatic carbocycles. The van der Waals surface area contributed by atoms with Crippen molar-refractivity contribution in [1.82, 2.24) is 9.62 Å². The molecule has 102 valence electrons. The highest BCUT2D eigenvalue weighted by Gasteiger charge is 2.31. The quantitative estimate of drug-likeness (QED) is 0.900. The molecule has 1 aromatic rings. The smallest absolute Gasteiger partial charge is 0.243 e. The highest BCUT2D eigenvalue weighted by Crippen LogP contribution is 2.23. The Morgan fingerprint density at radius 3 is 2.72 bits per heavy atom. The van der Waals surface area contributed by atoms with Gasteiger partial charge >= 0.3 is 0 Å². The van der Waals surface area contributed by atoms with E-state index in [9.17, 15) is 8.42 Å². The molecule has 2 rings (SSSR count). The van der Waals surface area contributed by atoms with Crippen LogP contribution in [0, 0.1) is 0 Å². The lowest BCUT2D eigenvalue weighted by Gasteiger charge is -2.16. The van der Waals surface area contributed by atoms with Gasteiger partial charge in [0.1, 0.15) is 0 Å². The van der Waals surface area contributed by atoms with E-state index in [0.717, 1.165) is 10.9 Å². The minimum absolute atomic E-state index is 0. The predicted molar refractivity (Wildman–Crippen MR) is 77.6 cm³/mol. The van der Waals surface area contributed by atoms with E-state index in [1.807, 2.05) is 13.1 Å². The second-order valence-electron chi connectivity index (χ2n) is 4.09. The molecule has 0 bridgehead atoms. The maximum atomic E-state index is 12.3. The topological polar surface area (TPSA) is 49.4 Å². The Kier molecular flexibility index (Phi) is 5.61. The molecule has 18 heavy (non-hydrogen) atoms. The Balaban J connectivity index is 0.00000162. The number of rotatable bonds is 3. The van der Waals surface area contributed by atoms with E-state index in [1.54, 1.807) is 18.2 Å². The number of hydrogen-bond acceptors (Lipinski definition) is 3. The first-order valence-corrected chi connectivity index (χ1v) is 7.70. The molecule has 1 N–H and O–H groups in total. The molecule has 1 unspecified atom stereocenters. The van der Waals surface area contributed by atoms with Crippen LogP contribution < -0.4 is 5.32 Å². The highest BCUT2D eigenvalue weighted by molar-refractivity contribution is 9.10. The number of nitrogens with zero attached hydrogens (tertiary/aromatic N) is 1. The Labute approximate surface area is 122 Å². The summed E-state index contributed by atoms with van der Waals surface area (Å²) in [4.78, 5) is 0.351. The van der Waals surface area contributed by atoms with Gasteiger partial charge in [0.2, 0.25) is 10.0 Å². The van der Waals surface area contributed by atoms with Crippen molar-refractivity contribution in [3.63, 3.8) is 0 Å². The zero-order valence-corrected chi connectivity index (χ0v) is 13.2. The fraction of sp³-hybridized carbons (Fsp3) is 0.455. The van der Waals surface area contributed by atoms with Gasteiger partial charge in [-0.05, 0) is 31.7 Å². The standard InChI is InChI=1S/C11H15BrN2O2S.ClH/c1-13-10-5-6-14(8-10)17(15,16)11-4-2-3-9(12)7-11;/h2-4,7,10,13H,5-6,8H2,1H3;1H. The van der Waals surface area contributed by atoms with E-state index in [-0.39, 0.29) is 18.4 Å². The van der Waals surface area contributed by atoms with E-state index in [0.29, 0.717) is 18.0 Å². The molecule has 1 heterocycles. The van der Waals surface area contributed by atoms with Gasteiger partial charge in [-0.3, -0.25) is 0 Å². The zero-order chi connectivity index (χ0) is 12.5. The lowest BCUT2D eigenvalue weighted by atomic mass is 10.3. The minimum Gasteiger partial charge on any atom is -0.316 e. The monoisotopic (exact) mass is 354 g/mol. The summed E-state index contributed by atoms with van der Waals surface area (Å²) in [5, 5.41) is 3.11. The number of likely N-dealkylation sites (N-methyl/N-ethyl adjacent to an activating group) is 1. The first-order valence-electron chi connectivity index (χ1n) is 5.47. The van der Waals surface area contributed by atoms with Crippen LogP contribution in [-0.4, -0.2) is 38.9 Å². The number of halogens is 2. The molecule has 1 aliphatic heterocycles. The zero-order valence-electron chi connectivity index (χ0n) is 9.97. The van der Waals surface area contributed by atoms with Gasteiger partial charge in [0.25, 0.3) is 0 Å². The van der Waals surface area contributed by atoms with E-state index in [2.05, 4.69) is 21.2 Å². The van der Waals surface area contributed by atoms with Crippen LogP contribution in [0.4, 0.5) is 0 Å². The maximum Gasteiger partial charge on any atom is 0.243 e. The van der Waals surface area contributed by atoms with Crippen molar-refractivity contribution in [3.8, 4) is 0 Å². The Hall–Kier alpha value is -0.140. The summed E-state index contributed by atoms with van der Waals surface area (Å²) in [5.41, 5.74) is 0. The Morgan fingerprint density at radius 1 is 1.44 bits per heavy atom. The summed E-state index contributed by atoms with van der Waals surface area (Å²) in [7, 11) is -1.48. The van der Waals surface area contributed by atoms with Gasteiger partial charge in [-0.15, -0.1) is 12.4 Å². The molecule has 0 radical (unpaired) electrons. The average Bonchev–Trinajstić information content (AvgIpc) is 2.78. The van der Waals surface area contributed by atoms with Crippen LogP contribution in [0.3, 0.4) is 0 Å². The molecule has 1 atom stereocenters. The van der Waals surface area contributed by atoms with E-state index in [4.69, 9.17) is 0 Å². The lowest BCUT2D eigenvalue weighted by Crippen LogP contribution is -2.33. The molecule has 4 nitrogen and oxygen atoms in total. The summed E-state index contributed by atoms with van der Waals surface area (Å²) in [6.07, 6.45) is 0.865. The van der Waals surface area contributed by atoms with Crippen molar-refractivity contribution >= 4 is 38.4 Å². The van der Waals surface area contributed by atoms with Crippen molar-refractivity contribution in [3.05, 3.63) is 28.7 Å². The summed E-state index contributed by atoms with van der Waals surface area (Å²) in [6.45, 7) is 1.13. The summed E-state index contributed by atoms with van der Waals surface area (Å²) < 4.78 is 27.0. The Morgan fingerprint density at radius 2 is 2.17 bits per heavy atom. The number of benzene rings is 1. The van der Waals surface area contributed by atoms with Crippen molar-refractivity contribution in [2.75, 3.05) is 20.1 Å². The normalized spacial score (nSPS) is 20.7. The molecule has 0 spiro atoms. The van der Waals surface area contributed by atoms with Crippen molar-refractivity contribution in [2.45, 2.75) is 17.4 Å². The van der Waals surface area contributed by atoms with Crippen molar-refractivity contribution in [2.24, 2.45) is 0 Å². The first-order chi connectivity index (χ1) is 8.04. The third kappa shape index (κ3) is 3.24. The summed E-state index contributed by atoms with van der Waals surface area (Å²) in [5.74, 6) is 0. The molecule has 0 amide bonds. The van der Waals surface area contributed by atoms with Crippen molar-refractivity contribution in [1.29, 1.82) is 0 Å².